The first-order valence-corrected chi connectivity index (χ1v) is 6.47. The van der Waals surface area contributed by atoms with Crippen LogP contribution >= 0.6 is 0 Å². The zero-order valence-electron chi connectivity index (χ0n) is 11.4. The van der Waals surface area contributed by atoms with Crippen molar-refractivity contribution < 1.29 is 14.7 Å². The Morgan fingerprint density at radius 2 is 2.05 bits per heavy atom. The number of carboxylic acid groups (broad SMARTS) is 1. The molecule has 1 aromatic rings. The fraction of sp³-hybridized carbons (Fsp3) is 0.462. The van der Waals surface area contributed by atoms with Crippen molar-refractivity contribution in [2.24, 2.45) is 0 Å². The van der Waals surface area contributed by atoms with Crippen molar-refractivity contribution >= 4 is 17.6 Å². The maximum Gasteiger partial charge on any atom is 0.317 e. The molecule has 0 unspecified atom stereocenters. The number of nitrogens with one attached hydrogen (secondary N) is 1. The number of carbonyl (C=O) groups is 2. The van der Waals surface area contributed by atoms with Crippen LogP contribution in [-0.2, 0) is 4.79 Å². The van der Waals surface area contributed by atoms with Gasteiger partial charge < -0.3 is 15.3 Å². The van der Waals surface area contributed by atoms with E-state index in [1.165, 1.54) is 0 Å². The van der Waals surface area contributed by atoms with Gasteiger partial charge in [0.25, 0.3) is 5.91 Å². The van der Waals surface area contributed by atoms with Gasteiger partial charge >= 0.3 is 5.97 Å². The molecule has 0 saturated carbocycles. The number of anilines is 1. The summed E-state index contributed by atoms with van der Waals surface area (Å²) in [7, 11) is 1.57. The largest absolute Gasteiger partial charge is 0.480 e. The number of amides is 1. The summed E-state index contributed by atoms with van der Waals surface area (Å²) in [6, 6.07) is 3.62. The van der Waals surface area contributed by atoms with Crippen molar-refractivity contribution in [3.63, 3.8) is 0 Å². The van der Waals surface area contributed by atoms with Crippen molar-refractivity contribution in [3.05, 3.63) is 24.0 Å². The van der Waals surface area contributed by atoms with Crippen LogP contribution in [0, 0.1) is 0 Å². The molecule has 0 aliphatic carbocycles. The zero-order chi connectivity index (χ0) is 14.5. The van der Waals surface area contributed by atoms with Crippen molar-refractivity contribution in [2.45, 2.75) is 0 Å². The van der Waals surface area contributed by atoms with E-state index < -0.39 is 5.97 Å². The summed E-state index contributed by atoms with van der Waals surface area (Å²) in [4.78, 5) is 30.3. The van der Waals surface area contributed by atoms with Crippen LogP contribution in [0.15, 0.2) is 18.3 Å². The summed E-state index contributed by atoms with van der Waals surface area (Å²) < 4.78 is 0. The predicted molar refractivity (Wildman–Crippen MR) is 73.9 cm³/mol. The van der Waals surface area contributed by atoms with Crippen LogP contribution in [0.2, 0.25) is 0 Å². The molecule has 0 spiro atoms. The Morgan fingerprint density at radius 3 is 2.65 bits per heavy atom. The van der Waals surface area contributed by atoms with Crippen LogP contribution in [0.5, 0.6) is 0 Å². The number of aliphatic carboxylic acids is 1. The average Bonchev–Trinajstić information content (AvgIpc) is 2.47. The lowest BCUT2D eigenvalue weighted by Gasteiger charge is -2.35. The van der Waals surface area contributed by atoms with Gasteiger partial charge in [0.1, 0.15) is 5.69 Å². The minimum Gasteiger partial charge on any atom is -0.480 e. The van der Waals surface area contributed by atoms with Crippen LogP contribution in [-0.4, -0.2) is 66.6 Å². The standard InChI is InChI=1S/C13H18N4O3/c1-14-13(20)11-8-10(2-3-15-11)17-6-4-16(5-7-17)9-12(18)19/h2-3,8H,4-7,9H2,1H3,(H,14,20)(H,18,19). The van der Waals surface area contributed by atoms with Gasteiger partial charge in [-0.1, -0.05) is 0 Å². The monoisotopic (exact) mass is 278 g/mol. The van der Waals surface area contributed by atoms with Crippen molar-refractivity contribution in [3.8, 4) is 0 Å². The number of aromatic nitrogens is 1. The van der Waals surface area contributed by atoms with E-state index in [0.29, 0.717) is 18.8 Å². The molecule has 7 nitrogen and oxygen atoms in total. The molecule has 1 aliphatic rings. The maximum atomic E-state index is 11.6. The Kier molecular flexibility index (Phi) is 4.52. The third kappa shape index (κ3) is 3.45. The first-order chi connectivity index (χ1) is 9.60. The number of carboxylic acids is 1. The molecule has 1 aromatic heterocycles. The highest BCUT2D eigenvalue weighted by Crippen LogP contribution is 2.16. The van der Waals surface area contributed by atoms with Crippen LogP contribution in [0.3, 0.4) is 0 Å². The second kappa shape index (κ2) is 6.33. The van der Waals surface area contributed by atoms with Crippen molar-refractivity contribution in [2.75, 3.05) is 44.7 Å². The molecule has 0 bridgehead atoms. The predicted octanol–water partition coefficient (Wildman–Crippen LogP) is -0.352. The highest BCUT2D eigenvalue weighted by molar-refractivity contribution is 5.92. The van der Waals surface area contributed by atoms with Gasteiger partial charge in [-0.15, -0.1) is 0 Å². The average molecular weight is 278 g/mol. The summed E-state index contributed by atoms with van der Waals surface area (Å²) in [6.45, 7) is 2.95. The lowest BCUT2D eigenvalue weighted by Crippen LogP contribution is -2.48. The summed E-state index contributed by atoms with van der Waals surface area (Å²) >= 11 is 0. The molecule has 2 N–H and O–H groups in total. The van der Waals surface area contributed by atoms with Gasteiger partial charge in [0.05, 0.1) is 6.54 Å². The van der Waals surface area contributed by atoms with E-state index in [1.807, 2.05) is 11.0 Å². The third-order valence-corrected chi connectivity index (χ3v) is 3.30. The minimum absolute atomic E-state index is 0.0771. The number of hydrogen-bond donors (Lipinski definition) is 2. The summed E-state index contributed by atoms with van der Waals surface area (Å²) in [5.41, 5.74) is 1.33. The first kappa shape index (κ1) is 14.3. The van der Waals surface area contributed by atoms with Gasteiger partial charge in [0.15, 0.2) is 0 Å². The molecular weight excluding hydrogens is 260 g/mol. The maximum absolute atomic E-state index is 11.6. The Hall–Kier alpha value is -2.15. The van der Waals surface area contributed by atoms with Crippen molar-refractivity contribution in [1.82, 2.24) is 15.2 Å². The molecule has 0 radical (unpaired) electrons. The zero-order valence-corrected chi connectivity index (χ0v) is 11.4. The van der Waals surface area contributed by atoms with Gasteiger partial charge in [-0.3, -0.25) is 19.5 Å². The molecule has 20 heavy (non-hydrogen) atoms. The summed E-state index contributed by atoms with van der Waals surface area (Å²) in [6.07, 6.45) is 1.61. The topological polar surface area (TPSA) is 85.8 Å². The number of pyridine rings is 1. The highest BCUT2D eigenvalue weighted by atomic mass is 16.4. The lowest BCUT2D eigenvalue weighted by molar-refractivity contribution is -0.138. The smallest absolute Gasteiger partial charge is 0.317 e. The number of piperazine rings is 1. The number of nitrogens with zero attached hydrogens (tertiary/aromatic N) is 3. The second-order valence-corrected chi connectivity index (χ2v) is 4.64. The van der Waals surface area contributed by atoms with Gasteiger partial charge in [-0.25, -0.2) is 0 Å². The van der Waals surface area contributed by atoms with Gasteiger partial charge in [0.2, 0.25) is 0 Å². The molecule has 1 saturated heterocycles. The summed E-state index contributed by atoms with van der Waals surface area (Å²) in [5.74, 6) is -1.01. The fourth-order valence-electron chi connectivity index (χ4n) is 2.22. The number of rotatable bonds is 4. The Labute approximate surface area is 117 Å². The quantitative estimate of drug-likeness (QED) is 0.783. The van der Waals surface area contributed by atoms with E-state index in [4.69, 9.17) is 5.11 Å². The van der Waals surface area contributed by atoms with E-state index >= 15 is 0 Å². The van der Waals surface area contributed by atoms with Gasteiger partial charge in [-0.05, 0) is 12.1 Å². The molecule has 1 amide bonds. The Morgan fingerprint density at radius 1 is 1.35 bits per heavy atom. The molecule has 108 valence electrons. The Balaban J connectivity index is 2.00. The van der Waals surface area contributed by atoms with E-state index in [2.05, 4.69) is 15.2 Å². The van der Waals surface area contributed by atoms with Crippen LogP contribution in [0.25, 0.3) is 0 Å². The fourth-order valence-corrected chi connectivity index (χ4v) is 2.22. The van der Waals surface area contributed by atoms with E-state index in [-0.39, 0.29) is 12.5 Å². The van der Waals surface area contributed by atoms with E-state index in [0.717, 1.165) is 18.8 Å². The lowest BCUT2D eigenvalue weighted by atomic mass is 10.2. The van der Waals surface area contributed by atoms with Crippen molar-refractivity contribution in [1.29, 1.82) is 0 Å². The van der Waals surface area contributed by atoms with E-state index in [1.54, 1.807) is 19.3 Å². The Bertz CT molecular complexity index is 498. The first-order valence-electron chi connectivity index (χ1n) is 6.47. The van der Waals surface area contributed by atoms with Gasteiger partial charge in [-0.2, -0.15) is 0 Å². The minimum atomic E-state index is -0.802. The molecule has 1 aliphatic heterocycles. The van der Waals surface area contributed by atoms with E-state index in [9.17, 15) is 9.59 Å². The number of carbonyl (C=O) groups excluding carboxylic acids is 1. The molecule has 0 aromatic carbocycles. The molecular formula is C13H18N4O3. The van der Waals surface area contributed by atoms with Gasteiger partial charge in [0, 0.05) is 45.1 Å². The molecule has 0 atom stereocenters. The number of hydrogen-bond acceptors (Lipinski definition) is 5. The second-order valence-electron chi connectivity index (χ2n) is 4.64. The van der Waals surface area contributed by atoms with Crippen LogP contribution < -0.4 is 10.2 Å². The molecule has 1 fully saturated rings. The van der Waals surface area contributed by atoms with Crippen LogP contribution in [0.4, 0.5) is 5.69 Å². The van der Waals surface area contributed by atoms with Crippen LogP contribution in [0.1, 0.15) is 10.5 Å². The molecule has 7 heteroatoms. The highest BCUT2D eigenvalue weighted by Gasteiger charge is 2.19. The molecule has 2 rings (SSSR count). The third-order valence-electron chi connectivity index (χ3n) is 3.30. The normalized spacial score (nSPS) is 15.9. The molecule has 2 heterocycles. The summed E-state index contributed by atoms with van der Waals surface area (Å²) in [5, 5.41) is 11.3. The SMILES string of the molecule is CNC(=O)c1cc(N2CCN(CC(=O)O)CC2)ccn1.